The number of carbonyl (C=O) groups is 2. The maximum Gasteiger partial charge on any atom is 0.410 e. The van der Waals surface area contributed by atoms with Crippen molar-refractivity contribution in [3.05, 3.63) is 0 Å². The van der Waals surface area contributed by atoms with Gasteiger partial charge in [-0.25, -0.2) is 4.79 Å². The molecular weight excluding hydrogens is 274 g/mol. The number of carboxylic acids is 1. The topological polar surface area (TPSA) is 76.1 Å². The van der Waals surface area contributed by atoms with Crippen LogP contribution < -0.4 is 0 Å². The number of likely N-dealkylation sites (tertiary alicyclic amines) is 1. The van der Waals surface area contributed by atoms with Crippen molar-refractivity contribution in [2.45, 2.75) is 45.6 Å². The lowest BCUT2D eigenvalue weighted by molar-refractivity contribution is -0.157. The van der Waals surface area contributed by atoms with Gasteiger partial charge in [0.05, 0.1) is 18.6 Å². The maximum absolute atomic E-state index is 12.0. The Bertz CT molecular complexity index is 403. The molecule has 2 aliphatic rings. The third kappa shape index (κ3) is 3.87. The molecule has 120 valence electrons. The number of amides is 1. The number of carboxylic acid groups (broad SMARTS) is 1. The van der Waals surface area contributed by atoms with Crippen LogP contribution in [0.1, 0.15) is 40.0 Å². The van der Waals surface area contributed by atoms with E-state index in [0.717, 1.165) is 0 Å². The molecule has 0 aromatic heterocycles. The van der Waals surface area contributed by atoms with E-state index in [-0.39, 0.29) is 6.09 Å². The summed E-state index contributed by atoms with van der Waals surface area (Å²) in [6, 6.07) is 0. The molecule has 6 heteroatoms. The Balaban J connectivity index is 1.93. The standard InChI is InChI=1S/C15H25NO5/c1-14(2,3)21-13(19)16-6-4-15(5-7-16,12(17)18)8-11-9-20-10-11/h11H,4-10H2,1-3H3,(H,17,18). The minimum absolute atomic E-state index is 0.342. The number of hydrogen-bond acceptors (Lipinski definition) is 4. The smallest absolute Gasteiger partial charge is 0.410 e. The van der Waals surface area contributed by atoms with Gasteiger partial charge in [0.15, 0.2) is 0 Å². The summed E-state index contributed by atoms with van der Waals surface area (Å²) >= 11 is 0. The second-order valence-corrected chi connectivity index (χ2v) is 7.16. The Morgan fingerprint density at radius 1 is 1.29 bits per heavy atom. The number of rotatable bonds is 3. The van der Waals surface area contributed by atoms with E-state index >= 15 is 0 Å². The molecule has 0 radical (unpaired) electrons. The van der Waals surface area contributed by atoms with Gasteiger partial charge in [-0.05, 0) is 40.0 Å². The SMILES string of the molecule is CC(C)(C)OC(=O)N1CCC(CC2COC2)(C(=O)O)CC1. The first kappa shape index (κ1) is 16.1. The normalized spacial score (nSPS) is 22.5. The summed E-state index contributed by atoms with van der Waals surface area (Å²) in [4.78, 5) is 25.3. The van der Waals surface area contributed by atoms with Crippen LogP contribution in [0.3, 0.4) is 0 Å². The number of carbonyl (C=O) groups excluding carboxylic acids is 1. The summed E-state index contributed by atoms with van der Waals surface area (Å²) < 4.78 is 10.5. The van der Waals surface area contributed by atoms with Crippen molar-refractivity contribution < 1.29 is 24.2 Å². The van der Waals surface area contributed by atoms with E-state index in [9.17, 15) is 14.7 Å². The summed E-state index contributed by atoms with van der Waals surface area (Å²) in [5.41, 5.74) is -1.24. The van der Waals surface area contributed by atoms with E-state index in [0.29, 0.717) is 51.5 Å². The van der Waals surface area contributed by atoms with E-state index < -0.39 is 17.0 Å². The zero-order valence-electron chi connectivity index (χ0n) is 13.1. The molecule has 0 aromatic carbocycles. The van der Waals surface area contributed by atoms with Crippen molar-refractivity contribution in [3.63, 3.8) is 0 Å². The van der Waals surface area contributed by atoms with Gasteiger partial charge in [-0.2, -0.15) is 0 Å². The maximum atomic E-state index is 12.0. The van der Waals surface area contributed by atoms with Gasteiger partial charge in [0, 0.05) is 19.0 Å². The molecule has 1 amide bonds. The minimum Gasteiger partial charge on any atom is -0.481 e. The molecular formula is C15H25NO5. The summed E-state index contributed by atoms with van der Waals surface area (Å²) in [6.45, 7) is 7.67. The molecule has 2 rings (SSSR count). The fraction of sp³-hybridized carbons (Fsp3) is 0.867. The third-order valence-corrected chi connectivity index (χ3v) is 4.21. The van der Waals surface area contributed by atoms with Crippen LogP contribution in [0.15, 0.2) is 0 Å². The second kappa shape index (κ2) is 5.83. The third-order valence-electron chi connectivity index (χ3n) is 4.21. The lowest BCUT2D eigenvalue weighted by Crippen LogP contribution is -2.49. The summed E-state index contributed by atoms with van der Waals surface area (Å²) in [6.07, 6.45) is 1.26. The zero-order valence-corrected chi connectivity index (χ0v) is 13.1. The van der Waals surface area contributed by atoms with Crippen LogP contribution in [0.25, 0.3) is 0 Å². The summed E-state index contributed by atoms with van der Waals surface area (Å²) in [7, 11) is 0. The highest BCUT2D eigenvalue weighted by molar-refractivity contribution is 5.75. The summed E-state index contributed by atoms with van der Waals surface area (Å²) in [5, 5.41) is 9.59. The number of aliphatic carboxylic acids is 1. The minimum atomic E-state index is -0.752. The molecule has 0 saturated carbocycles. The van der Waals surface area contributed by atoms with Gasteiger partial charge < -0.3 is 19.5 Å². The highest BCUT2D eigenvalue weighted by Gasteiger charge is 2.45. The van der Waals surface area contributed by atoms with Crippen LogP contribution in [0, 0.1) is 11.3 Å². The first-order valence-corrected chi connectivity index (χ1v) is 7.51. The van der Waals surface area contributed by atoms with Crippen LogP contribution in [0.2, 0.25) is 0 Å². The Morgan fingerprint density at radius 2 is 1.86 bits per heavy atom. The van der Waals surface area contributed by atoms with Crippen LogP contribution in [0.5, 0.6) is 0 Å². The van der Waals surface area contributed by atoms with Crippen molar-refractivity contribution in [2.24, 2.45) is 11.3 Å². The fourth-order valence-electron chi connectivity index (χ4n) is 2.90. The predicted octanol–water partition coefficient (Wildman–Crippen LogP) is 2.12. The number of nitrogens with zero attached hydrogens (tertiary/aromatic N) is 1. The molecule has 0 spiro atoms. The highest BCUT2D eigenvalue weighted by atomic mass is 16.6. The van der Waals surface area contributed by atoms with Crippen LogP contribution in [-0.4, -0.2) is 54.0 Å². The predicted molar refractivity (Wildman–Crippen MR) is 76.0 cm³/mol. The zero-order chi connectivity index (χ0) is 15.7. The van der Waals surface area contributed by atoms with Crippen molar-refractivity contribution in [1.82, 2.24) is 4.90 Å². The molecule has 21 heavy (non-hydrogen) atoms. The van der Waals surface area contributed by atoms with Gasteiger partial charge in [0.1, 0.15) is 5.60 Å². The van der Waals surface area contributed by atoms with Gasteiger partial charge in [0.2, 0.25) is 0 Å². The summed E-state index contributed by atoms with van der Waals surface area (Å²) in [5.74, 6) is -0.410. The number of piperidine rings is 1. The largest absolute Gasteiger partial charge is 0.481 e. The Morgan fingerprint density at radius 3 is 2.24 bits per heavy atom. The lowest BCUT2D eigenvalue weighted by atomic mass is 9.71. The highest BCUT2D eigenvalue weighted by Crippen LogP contribution is 2.40. The molecule has 0 atom stereocenters. The van der Waals surface area contributed by atoms with E-state index in [1.54, 1.807) is 4.90 Å². The van der Waals surface area contributed by atoms with Gasteiger partial charge in [0.25, 0.3) is 0 Å². The number of ether oxygens (including phenoxy) is 2. The van der Waals surface area contributed by atoms with E-state index in [4.69, 9.17) is 9.47 Å². The van der Waals surface area contributed by atoms with E-state index in [1.807, 2.05) is 20.8 Å². The molecule has 0 aliphatic carbocycles. The first-order valence-electron chi connectivity index (χ1n) is 7.51. The fourth-order valence-corrected chi connectivity index (χ4v) is 2.90. The molecule has 2 heterocycles. The van der Waals surface area contributed by atoms with Crippen LogP contribution in [-0.2, 0) is 14.3 Å². The first-order chi connectivity index (χ1) is 9.72. The van der Waals surface area contributed by atoms with Crippen molar-refractivity contribution in [2.75, 3.05) is 26.3 Å². The molecule has 2 fully saturated rings. The Kier molecular flexibility index (Phi) is 4.46. The molecule has 2 saturated heterocycles. The second-order valence-electron chi connectivity index (χ2n) is 7.16. The molecule has 0 unspecified atom stereocenters. The van der Waals surface area contributed by atoms with Crippen molar-refractivity contribution in [3.8, 4) is 0 Å². The average Bonchev–Trinajstić information content (AvgIpc) is 2.32. The molecule has 1 N–H and O–H groups in total. The van der Waals surface area contributed by atoms with Gasteiger partial charge >= 0.3 is 12.1 Å². The quantitative estimate of drug-likeness (QED) is 0.864. The molecule has 0 aromatic rings. The van der Waals surface area contributed by atoms with Gasteiger partial charge in [-0.15, -0.1) is 0 Å². The molecule has 6 nitrogen and oxygen atoms in total. The van der Waals surface area contributed by atoms with Gasteiger partial charge in [-0.1, -0.05) is 0 Å². The van der Waals surface area contributed by atoms with Gasteiger partial charge in [-0.3, -0.25) is 4.79 Å². The van der Waals surface area contributed by atoms with Crippen molar-refractivity contribution >= 4 is 12.1 Å². The Labute approximate surface area is 125 Å². The lowest BCUT2D eigenvalue weighted by Gasteiger charge is -2.42. The molecule has 2 aliphatic heterocycles. The average molecular weight is 299 g/mol. The Hall–Kier alpha value is -1.30. The van der Waals surface area contributed by atoms with E-state index in [2.05, 4.69) is 0 Å². The van der Waals surface area contributed by atoms with Crippen molar-refractivity contribution in [1.29, 1.82) is 0 Å². The number of hydrogen-bond donors (Lipinski definition) is 1. The monoisotopic (exact) mass is 299 g/mol. The molecule has 0 bridgehead atoms. The van der Waals surface area contributed by atoms with Crippen LogP contribution >= 0.6 is 0 Å². The van der Waals surface area contributed by atoms with Crippen LogP contribution in [0.4, 0.5) is 4.79 Å². The van der Waals surface area contributed by atoms with E-state index in [1.165, 1.54) is 0 Å².